The number of carbonyl (C=O) groups is 1. The average Bonchev–Trinajstić information content (AvgIpc) is 2.37. The Balaban J connectivity index is 0.00000324. The molecule has 0 heterocycles. The molecule has 0 spiro atoms. The molecule has 0 saturated heterocycles. The molecule has 0 aliphatic carbocycles. The summed E-state index contributed by atoms with van der Waals surface area (Å²) < 4.78 is 10.4. The van der Waals surface area contributed by atoms with Crippen LogP contribution in [0.25, 0.3) is 6.08 Å². The topological polar surface area (TPSA) is 82.4 Å². The van der Waals surface area contributed by atoms with Crippen LogP contribution in [0.5, 0.6) is 11.5 Å². The molecule has 0 atom stereocenters. The Morgan fingerprint density at radius 1 is 1.47 bits per heavy atom. The fourth-order valence-electron chi connectivity index (χ4n) is 1.35. The third-order valence-corrected chi connectivity index (χ3v) is 2.14. The predicted molar refractivity (Wildman–Crippen MR) is 62.8 cm³/mol. The van der Waals surface area contributed by atoms with E-state index in [2.05, 4.69) is 0 Å². The number of aliphatic carboxylic acids is 1. The first-order valence-electron chi connectivity index (χ1n) is 5.26. The maximum atomic E-state index is 10.6. The van der Waals surface area contributed by atoms with Crippen LogP contribution in [0.4, 0.5) is 0 Å². The number of nitriles is 1. The SMILES string of the molecule is CCOc1ccc(/C=C(\C#N)C(=O)[O-])cc1OC.[K+]. The predicted octanol–water partition coefficient (Wildman–Crippen LogP) is -2.25. The van der Waals surface area contributed by atoms with Gasteiger partial charge >= 0.3 is 51.4 Å². The number of methoxy groups -OCH3 is 1. The molecule has 0 saturated carbocycles. The van der Waals surface area contributed by atoms with Crippen LogP contribution in [0.2, 0.25) is 0 Å². The van der Waals surface area contributed by atoms with Gasteiger partial charge in [-0.2, -0.15) is 5.26 Å². The molecule has 1 aromatic carbocycles. The first kappa shape index (κ1) is 18.2. The van der Waals surface area contributed by atoms with E-state index in [4.69, 9.17) is 14.7 Å². The molecule has 1 aromatic rings. The Hall–Kier alpha value is -0.844. The van der Waals surface area contributed by atoms with Gasteiger partial charge in [0, 0.05) is 0 Å². The van der Waals surface area contributed by atoms with Crippen molar-refractivity contribution in [1.29, 1.82) is 5.26 Å². The molecule has 94 valence electrons. The van der Waals surface area contributed by atoms with Crippen LogP contribution >= 0.6 is 0 Å². The van der Waals surface area contributed by atoms with Crippen LogP contribution in [0.1, 0.15) is 12.5 Å². The smallest absolute Gasteiger partial charge is 0.544 e. The molecule has 0 radical (unpaired) electrons. The molecule has 0 N–H and O–H groups in total. The van der Waals surface area contributed by atoms with Crippen LogP contribution in [-0.2, 0) is 4.79 Å². The van der Waals surface area contributed by atoms with Gasteiger partial charge in [-0.25, -0.2) is 0 Å². The van der Waals surface area contributed by atoms with Gasteiger partial charge in [0.25, 0.3) is 0 Å². The van der Waals surface area contributed by atoms with Gasteiger partial charge < -0.3 is 19.4 Å². The van der Waals surface area contributed by atoms with Crippen LogP contribution in [-0.4, -0.2) is 19.7 Å². The van der Waals surface area contributed by atoms with Crippen molar-refractivity contribution >= 4 is 12.0 Å². The fraction of sp³-hybridized carbons (Fsp3) is 0.231. The second kappa shape index (κ2) is 9.12. The molecule has 0 aliphatic heterocycles. The first-order valence-corrected chi connectivity index (χ1v) is 5.26. The maximum Gasteiger partial charge on any atom is 1.00 e. The Kier molecular flexibility index (Phi) is 8.72. The number of ether oxygens (including phenoxy) is 2. The number of hydrogen-bond acceptors (Lipinski definition) is 5. The zero-order chi connectivity index (χ0) is 13.5. The summed E-state index contributed by atoms with van der Waals surface area (Å²) in [5.74, 6) is -0.476. The van der Waals surface area contributed by atoms with Crippen molar-refractivity contribution in [2.24, 2.45) is 0 Å². The zero-order valence-electron chi connectivity index (χ0n) is 11.1. The second-order valence-electron chi connectivity index (χ2n) is 3.30. The Bertz CT molecular complexity index is 520. The summed E-state index contributed by atoms with van der Waals surface area (Å²) in [6, 6.07) is 6.43. The normalized spacial score (nSPS) is 10.1. The number of hydrogen-bond donors (Lipinski definition) is 0. The summed E-state index contributed by atoms with van der Waals surface area (Å²) in [5.41, 5.74) is 0.0808. The van der Waals surface area contributed by atoms with E-state index in [1.165, 1.54) is 13.2 Å². The Labute approximate surface area is 154 Å². The van der Waals surface area contributed by atoms with E-state index >= 15 is 0 Å². The van der Waals surface area contributed by atoms with E-state index in [0.717, 1.165) is 0 Å². The number of nitrogens with zero attached hydrogens (tertiary/aromatic N) is 1. The van der Waals surface area contributed by atoms with Gasteiger partial charge in [-0.05, 0) is 30.7 Å². The van der Waals surface area contributed by atoms with E-state index in [-0.39, 0.29) is 51.4 Å². The minimum atomic E-state index is -1.51. The van der Waals surface area contributed by atoms with Crippen LogP contribution in [0, 0.1) is 11.3 Å². The molecule has 0 bridgehead atoms. The molecule has 6 heteroatoms. The summed E-state index contributed by atoms with van der Waals surface area (Å²) in [4.78, 5) is 10.6. The Morgan fingerprint density at radius 2 is 2.16 bits per heavy atom. The molecule has 0 aliphatic rings. The van der Waals surface area contributed by atoms with E-state index in [9.17, 15) is 9.90 Å². The molecule has 0 unspecified atom stereocenters. The van der Waals surface area contributed by atoms with E-state index in [1.54, 1.807) is 24.3 Å². The van der Waals surface area contributed by atoms with Crippen molar-refractivity contribution in [3.8, 4) is 17.6 Å². The summed E-state index contributed by atoms with van der Waals surface area (Å²) in [6.07, 6.45) is 1.22. The summed E-state index contributed by atoms with van der Waals surface area (Å²) in [7, 11) is 1.48. The number of carbonyl (C=O) groups excluding carboxylic acids is 1. The van der Waals surface area contributed by atoms with Crippen molar-refractivity contribution in [3.05, 3.63) is 29.3 Å². The minimum absolute atomic E-state index is 0. The van der Waals surface area contributed by atoms with Gasteiger partial charge in [0.05, 0.1) is 25.3 Å². The van der Waals surface area contributed by atoms with Crippen molar-refractivity contribution in [1.82, 2.24) is 0 Å². The summed E-state index contributed by atoms with van der Waals surface area (Å²) in [5, 5.41) is 19.2. The third-order valence-electron chi connectivity index (χ3n) is 2.14. The standard InChI is InChI=1S/C13H13NO4.K/c1-3-18-11-5-4-9(7-12(11)17-2)6-10(8-14)13(15)16;/h4-7H,3H2,1-2H3,(H,15,16);/q;+1/p-1/b10-6+;. The Morgan fingerprint density at radius 3 is 2.63 bits per heavy atom. The van der Waals surface area contributed by atoms with Crippen molar-refractivity contribution < 1.29 is 70.8 Å². The van der Waals surface area contributed by atoms with Gasteiger partial charge in [-0.3, -0.25) is 0 Å². The van der Waals surface area contributed by atoms with Gasteiger partial charge in [-0.1, -0.05) is 6.07 Å². The molecular weight excluding hydrogens is 273 g/mol. The number of carboxylic acid groups (broad SMARTS) is 1. The van der Waals surface area contributed by atoms with Crippen LogP contribution in [0.3, 0.4) is 0 Å². The molecule has 5 nitrogen and oxygen atoms in total. The minimum Gasteiger partial charge on any atom is -0.544 e. The number of benzene rings is 1. The monoisotopic (exact) mass is 285 g/mol. The van der Waals surface area contributed by atoms with E-state index in [0.29, 0.717) is 23.7 Å². The van der Waals surface area contributed by atoms with Crippen LogP contribution in [0.15, 0.2) is 23.8 Å². The quantitative estimate of drug-likeness (QED) is 0.347. The molecule has 0 aromatic heterocycles. The van der Waals surface area contributed by atoms with E-state index in [1.807, 2.05) is 6.92 Å². The van der Waals surface area contributed by atoms with Crippen LogP contribution < -0.4 is 66.0 Å². The van der Waals surface area contributed by atoms with E-state index < -0.39 is 11.5 Å². The molecular formula is C13H12KNO4. The third kappa shape index (κ3) is 5.34. The largest absolute Gasteiger partial charge is 1.00 e. The second-order valence-corrected chi connectivity index (χ2v) is 3.30. The first-order chi connectivity index (χ1) is 8.62. The zero-order valence-corrected chi connectivity index (χ0v) is 14.2. The van der Waals surface area contributed by atoms with Gasteiger partial charge in [-0.15, -0.1) is 0 Å². The molecule has 0 fully saturated rings. The summed E-state index contributed by atoms with van der Waals surface area (Å²) in [6.45, 7) is 2.34. The number of carboxylic acids is 1. The molecule has 0 amide bonds. The number of rotatable bonds is 5. The van der Waals surface area contributed by atoms with Crippen molar-refractivity contribution in [2.45, 2.75) is 6.92 Å². The van der Waals surface area contributed by atoms with Crippen molar-refractivity contribution in [2.75, 3.05) is 13.7 Å². The van der Waals surface area contributed by atoms with Gasteiger partial charge in [0.15, 0.2) is 11.5 Å². The average molecular weight is 285 g/mol. The fourth-order valence-corrected chi connectivity index (χ4v) is 1.35. The molecule has 19 heavy (non-hydrogen) atoms. The maximum absolute atomic E-state index is 10.6. The summed E-state index contributed by atoms with van der Waals surface area (Å²) >= 11 is 0. The van der Waals surface area contributed by atoms with Gasteiger partial charge in [0.1, 0.15) is 6.07 Å². The van der Waals surface area contributed by atoms with Crippen molar-refractivity contribution in [3.63, 3.8) is 0 Å². The van der Waals surface area contributed by atoms with Gasteiger partial charge in [0.2, 0.25) is 0 Å². The molecule has 1 rings (SSSR count).